The molecular weight excluding hydrogens is 452 g/mol. The molecule has 1 saturated heterocycles. The highest BCUT2D eigenvalue weighted by atomic mass is 32.2. The van der Waals surface area contributed by atoms with Crippen LogP contribution in [0.2, 0.25) is 0 Å². The molecule has 0 bridgehead atoms. The van der Waals surface area contributed by atoms with Crippen LogP contribution in [0, 0.1) is 5.92 Å². The normalized spacial score (nSPS) is 18.4. The number of carboxylic acids is 1. The first-order valence-corrected chi connectivity index (χ1v) is 13.5. The Morgan fingerprint density at radius 3 is 2.62 bits per heavy atom. The maximum Gasteiger partial charge on any atom is 0.326 e. The first-order chi connectivity index (χ1) is 16.3. The van der Waals surface area contributed by atoms with Crippen LogP contribution in [0.5, 0.6) is 0 Å². The number of aliphatic carboxylic acids is 1. The first kappa shape index (κ1) is 28.1. The van der Waals surface area contributed by atoms with Crippen molar-refractivity contribution in [1.82, 2.24) is 20.9 Å². The van der Waals surface area contributed by atoms with Gasteiger partial charge in [-0.15, -0.1) is 0 Å². The molecule has 9 heteroatoms. The van der Waals surface area contributed by atoms with Crippen LogP contribution >= 0.6 is 11.8 Å². The van der Waals surface area contributed by atoms with Crippen LogP contribution in [0.3, 0.4) is 0 Å². The molecular formula is C25H40N4O4S. The standard InChI is InChI=1S/C25H40N4O4S/c1-4-18(2)22(26-14-20-10-11-23(30)27-20)16-29(15-19-8-6-5-7-9-19)17-24(31)28-21(25(32)33)12-13-34-3/h5-9,18,20-22,26H,4,10-17H2,1-3H3,(H,27,30)(H,28,31)(H,32,33)/t18-,20+,21-,22+/m0/s1. The molecule has 0 saturated carbocycles. The lowest BCUT2D eigenvalue weighted by Crippen LogP contribution is -2.51. The van der Waals surface area contributed by atoms with Gasteiger partial charge in [0.2, 0.25) is 11.8 Å². The van der Waals surface area contributed by atoms with Crippen molar-refractivity contribution in [2.75, 3.05) is 31.6 Å². The fourth-order valence-corrected chi connectivity index (χ4v) is 4.57. The average molecular weight is 493 g/mol. The van der Waals surface area contributed by atoms with Gasteiger partial charge in [0.1, 0.15) is 6.04 Å². The molecule has 1 aliphatic heterocycles. The Labute approximate surface area is 207 Å². The monoisotopic (exact) mass is 492 g/mol. The van der Waals surface area contributed by atoms with Gasteiger partial charge in [-0.1, -0.05) is 50.6 Å². The number of nitrogens with one attached hydrogen (secondary N) is 3. The van der Waals surface area contributed by atoms with E-state index in [2.05, 4.69) is 34.7 Å². The summed E-state index contributed by atoms with van der Waals surface area (Å²) in [6.45, 7) is 6.38. The molecule has 1 aliphatic rings. The molecule has 0 radical (unpaired) electrons. The van der Waals surface area contributed by atoms with Gasteiger partial charge in [0.15, 0.2) is 0 Å². The van der Waals surface area contributed by atoms with Crippen molar-refractivity contribution in [3.8, 4) is 0 Å². The van der Waals surface area contributed by atoms with Crippen molar-refractivity contribution >= 4 is 29.5 Å². The Morgan fingerprint density at radius 1 is 1.29 bits per heavy atom. The molecule has 1 heterocycles. The van der Waals surface area contributed by atoms with Crippen LogP contribution in [0.1, 0.15) is 45.1 Å². The Morgan fingerprint density at radius 2 is 2.03 bits per heavy atom. The largest absolute Gasteiger partial charge is 0.480 e. The van der Waals surface area contributed by atoms with Crippen LogP contribution in [-0.2, 0) is 20.9 Å². The van der Waals surface area contributed by atoms with Crippen LogP contribution in [0.4, 0.5) is 0 Å². The van der Waals surface area contributed by atoms with E-state index >= 15 is 0 Å². The highest BCUT2D eigenvalue weighted by Gasteiger charge is 2.26. The second-order valence-corrected chi connectivity index (χ2v) is 10.1. The van der Waals surface area contributed by atoms with E-state index in [0.29, 0.717) is 44.1 Å². The third kappa shape index (κ3) is 10.0. The van der Waals surface area contributed by atoms with Crippen molar-refractivity contribution in [2.45, 2.75) is 64.2 Å². The lowest BCUT2D eigenvalue weighted by molar-refractivity contribution is -0.142. The molecule has 4 N–H and O–H groups in total. The number of hydrogen-bond donors (Lipinski definition) is 4. The smallest absolute Gasteiger partial charge is 0.326 e. The van der Waals surface area contributed by atoms with E-state index in [0.717, 1.165) is 18.4 Å². The number of hydrogen-bond acceptors (Lipinski definition) is 6. The molecule has 0 aromatic heterocycles. The third-order valence-electron chi connectivity index (χ3n) is 6.36. The van der Waals surface area contributed by atoms with Gasteiger partial charge in [-0.2, -0.15) is 11.8 Å². The number of carbonyl (C=O) groups excluding carboxylic acids is 2. The number of thioether (sulfide) groups is 1. The Hall–Kier alpha value is -2.10. The van der Waals surface area contributed by atoms with Gasteiger partial charge in [-0.05, 0) is 36.3 Å². The van der Waals surface area contributed by atoms with E-state index in [1.54, 1.807) is 11.8 Å². The highest BCUT2D eigenvalue weighted by molar-refractivity contribution is 7.98. The maximum absolute atomic E-state index is 12.9. The third-order valence-corrected chi connectivity index (χ3v) is 7.00. The fraction of sp³-hybridized carbons (Fsp3) is 0.640. The summed E-state index contributed by atoms with van der Waals surface area (Å²) >= 11 is 1.56. The van der Waals surface area contributed by atoms with Crippen molar-refractivity contribution < 1.29 is 19.5 Å². The summed E-state index contributed by atoms with van der Waals surface area (Å²) in [5, 5.41) is 18.8. The van der Waals surface area contributed by atoms with E-state index in [4.69, 9.17) is 0 Å². The van der Waals surface area contributed by atoms with Gasteiger partial charge in [-0.3, -0.25) is 14.5 Å². The molecule has 34 heavy (non-hydrogen) atoms. The number of benzene rings is 1. The minimum Gasteiger partial charge on any atom is -0.480 e. The Kier molecular flexibility index (Phi) is 12.4. The number of amides is 2. The van der Waals surface area contributed by atoms with Gasteiger partial charge in [0, 0.05) is 38.1 Å². The molecule has 8 nitrogen and oxygen atoms in total. The minimum absolute atomic E-state index is 0.101. The molecule has 2 rings (SSSR count). The lowest BCUT2D eigenvalue weighted by atomic mass is 9.97. The van der Waals surface area contributed by atoms with Gasteiger partial charge in [-0.25, -0.2) is 4.79 Å². The van der Waals surface area contributed by atoms with Crippen LogP contribution in [0.25, 0.3) is 0 Å². The summed E-state index contributed by atoms with van der Waals surface area (Å²) in [4.78, 5) is 38.1. The first-order valence-electron chi connectivity index (χ1n) is 12.1. The van der Waals surface area contributed by atoms with Crippen LogP contribution < -0.4 is 16.0 Å². The van der Waals surface area contributed by atoms with Gasteiger partial charge in [0.05, 0.1) is 6.54 Å². The minimum atomic E-state index is -1.00. The summed E-state index contributed by atoms with van der Waals surface area (Å²) in [5.74, 6) is -0.149. The summed E-state index contributed by atoms with van der Waals surface area (Å²) in [6, 6.07) is 9.36. The molecule has 1 fully saturated rings. The van der Waals surface area contributed by atoms with E-state index in [1.807, 2.05) is 36.6 Å². The Bertz CT molecular complexity index is 779. The summed E-state index contributed by atoms with van der Waals surface area (Å²) in [7, 11) is 0. The number of carboxylic acid groups (broad SMARTS) is 1. The predicted molar refractivity (Wildman–Crippen MR) is 137 cm³/mol. The van der Waals surface area contributed by atoms with E-state index < -0.39 is 12.0 Å². The lowest BCUT2D eigenvalue weighted by Gasteiger charge is -2.32. The van der Waals surface area contributed by atoms with E-state index in [9.17, 15) is 19.5 Å². The van der Waals surface area contributed by atoms with Gasteiger partial charge < -0.3 is 21.1 Å². The molecule has 0 aliphatic carbocycles. The fourth-order valence-electron chi connectivity index (χ4n) is 4.10. The Balaban J connectivity index is 2.07. The molecule has 1 aromatic rings. The second kappa shape index (κ2) is 15.0. The molecule has 1 aromatic carbocycles. The van der Waals surface area contributed by atoms with Crippen molar-refractivity contribution in [3.63, 3.8) is 0 Å². The molecule has 190 valence electrons. The zero-order chi connectivity index (χ0) is 24.9. The van der Waals surface area contributed by atoms with Gasteiger partial charge in [0.25, 0.3) is 0 Å². The zero-order valence-corrected chi connectivity index (χ0v) is 21.4. The quantitative estimate of drug-likeness (QED) is 0.280. The number of rotatable bonds is 16. The summed E-state index contributed by atoms with van der Waals surface area (Å²) in [6.07, 6.45) is 4.70. The molecule has 0 spiro atoms. The SMILES string of the molecule is CC[C@H](C)[C@@H](CN(CC(=O)N[C@@H](CCSC)C(=O)O)Cc1ccccc1)NC[C@H]1CCC(=O)N1. The van der Waals surface area contributed by atoms with Crippen molar-refractivity contribution in [1.29, 1.82) is 0 Å². The second-order valence-electron chi connectivity index (χ2n) is 9.10. The van der Waals surface area contributed by atoms with E-state index in [-0.39, 0.29) is 30.4 Å². The number of nitrogens with zero attached hydrogens (tertiary/aromatic N) is 1. The van der Waals surface area contributed by atoms with Crippen molar-refractivity contribution in [2.24, 2.45) is 5.92 Å². The number of carbonyl (C=O) groups is 3. The van der Waals surface area contributed by atoms with Gasteiger partial charge >= 0.3 is 5.97 Å². The topological polar surface area (TPSA) is 111 Å². The van der Waals surface area contributed by atoms with E-state index in [1.165, 1.54) is 0 Å². The average Bonchev–Trinajstić information content (AvgIpc) is 3.24. The molecule has 0 unspecified atom stereocenters. The summed E-state index contributed by atoms with van der Waals surface area (Å²) in [5.41, 5.74) is 1.10. The highest BCUT2D eigenvalue weighted by Crippen LogP contribution is 2.14. The van der Waals surface area contributed by atoms with Crippen LogP contribution in [-0.4, -0.2) is 77.6 Å². The maximum atomic E-state index is 12.9. The predicted octanol–water partition coefficient (Wildman–Crippen LogP) is 2.09. The zero-order valence-electron chi connectivity index (χ0n) is 20.6. The van der Waals surface area contributed by atoms with Crippen LogP contribution in [0.15, 0.2) is 30.3 Å². The summed E-state index contributed by atoms with van der Waals surface area (Å²) < 4.78 is 0. The molecule has 2 amide bonds. The molecule has 4 atom stereocenters. The van der Waals surface area contributed by atoms with Crippen molar-refractivity contribution in [3.05, 3.63) is 35.9 Å².